The van der Waals surface area contributed by atoms with Crippen molar-refractivity contribution >= 4 is 17.0 Å². The molecule has 2 heterocycles. The highest BCUT2D eigenvalue weighted by molar-refractivity contribution is 6.03. The van der Waals surface area contributed by atoms with Crippen LogP contribution in [0.5, 0.6) is 5.75 Å². The molecule has 1 N–H and O–H groups in total. The summed E-state index contributed by atoms with van der Waals surface area (Å²) in [6.45, 7) is 4.62. The quantitative estimate of drug-likeness (QED) is 0.241. The van der Waals surface area contributed by atoms with E-state index < -0.39 is 5.97 Å². The first-order valence-corrected chi connectivity index (χ1v) is 11.8. The third-order valence-corrected chi connectivity index (χ3v) is 6.03. The summed E-state index contributed by atoms with van der Waals surface area (Å²) in [7, 11) is 1.38. The number of imidazole rings is 1. The summed E-state index contributed by atoms with van der Waals surface area (Å²) in [5, 5.41) is 14.6. The summed E-state index contributed by atoms with van der Waals surface area (Å²) in [4.78, 5) is 17.2. The van der Waals surface area contributed by atoms with Crippen LogP contribution in [0, 0.1) is 6.92 Å². The van der Waals surface area contributed by atoms with Crippen molar-refractivity contribution < 1.29 is 14.3 Å². The molecule has 2 aromatic heterocycles. The summed E-state index contributed by atoms with van der Waals surface area (Å²) in [6.07, 6.45) is 1.94. The van der Waals surface area contributed by atoms with Gasteiger partial charge in [0.15, 0.2) is 0 Å². The van der Waals surface area contributed by atoms with Crippen molar-refractivity contribution in [3.63, 3.8) is 0 Å². The topological polar surface area (TPSA) is 108 Å². The first kappa shape index (κ1) is 23.2. The molecular formula is C27H26N6O3. The third kappa shape index (κ3) is 4.19. The van der Waals surface area contributed by atoms with Gasteiger partial charge in [-0.2, -0.15) is 5.21 Å². The van der Waals surface area contributed by atoms with E-state index in [9.17, 15) is 4.79 Å². The van der Waals surface area contributed by atoms with Crippen LogP contribution < -0.4 is 4.74 Å². The summed E-state index contributed by atoms with van der Waals surface area (Å²) in [5.41, 5.74) is 5.38. The van der Waals surface area contributed by atoms with Gasteiger partial charge in [-0.15, -0.1) is 10.2 Å². The van der Waals surface area contributed by atoms with E-state index in [4.69, 9.17) is 9.47 Å². The fourth-order valence-electron chi connectivity index (χ4n) is 4.34. The molecule has 0 fully saturated rings. The van der Waals surface area contributed by atoms with Crippen molar-refractivity contribution in [3.05, 3.63) is 72.1 Å². The molecule has 36 heavy (non-hydrogen) atoms. The van der Waals surface area contributed by atoms with Crippen LogP contribution in [-0.2, 0) is 4.74 Å². The number of hydrogen-bond acceptors (Lipinski definition) is 7. The van der Waals surface area contributed by atoms with E-state index >= 15 is 0 Å². The Morgan fingerprint density at radius 3 is 2.61 bits per heavy atom. The van der Waals surface area contributed by atoms with E-state index in [0.29, 0.717) is 29.3 Å². The smallest absolute Gasteiger partial charge is 0.340 e. The maximum Gasteiger partial charge on any atom is 0.340 e. The van der Waals surface area contributed by atoms with E-state index in [1.54, 1.807) is 6.07 Å². The van der Waals surface area contributed by atoms with Gasteiger partial charge in [-0.3, -0.25) is 4.57 Å². The van der Waals surface area contributed by atoms with E-state index in [1.807, 2.05) is 66.1 Å². The number of rotatable bonds is 8. The molecule has 0 unspecified atom stereocenters. The van der Waals surface area contributed by atoms with Gasteiger partial charge in [-0.1, -0.05) is 43.7 Å². The van der Waals surface area contributed by atoms with Crippen molar-refractivity contribution in [2.45, 2.75) is 26.7 Å². The lowest BCUT2D eigenvalue weighted by atomic mass is 9.98. The van der Waals surface area contributed by atoms with Gasteiger partial charge in [0.1, 0.15) is 11.6 Å². The minimum atomic E-state index is -0.410. The molecule has 0 atom stereocenters. The zero-order valence-corrected chi connectivity index (χ0v) is 20.4. The third-order valence-electron chi connectivity index (χ3n) is 6.03. The first-order valence-electron chi connectivity index (χ1n) is 11.8. The molecular weight excluding hydrogens is 456 g/mol. The minimum absolute atomic E-state index is 0.410. The molecule has 0 aliphatic rings. The second-order valence-electron chi connectivity index (χ2n) is 8.32. The number of hydrogen-bond donors (Lipinski definition) is 1. The number of carbonyl (C=O) groups excluding carboxylic acids is 1. The summed E-state index contributed by atoms with van der Waals surface area (Å²) in [6, 6.07) is 19.3. The molecule has 9 nitrogen and oxygen atoms in total. The molecule has 0 bridgehead atoms. The lowest BCUT2D eigenvalue weighted by molar-refractivity contribution is 0.0602. The van der Waals surface area contributed by atoms with Gasteiger partial charge >= 0.3 is 5.97 Å². The van der Waals surface area contributed by atoms with Crippen LogP contribution in [0.25, 0.3) is 39.2 Å². The highest BCUT2D eigenvalue weighted by Gasteiger charge is 2.20. The van der Waals surface area contributed by atoms with Crippen LogP contribution >= 0.6 is 0 Å². The number of aromatic nitrogens is 6. The number of fused-ring (bicyclic) bond motifs is 1. The van der Waals surface area contributed by atoms with E-state index in [0.717, 1.165) is 46.6 Å². The average molecular weight is 483 g/mol. The van der Waals surface area contributed by atoms with Crippen LogP contribution in [0.1, 0.15) is 35.9 Å². The number of para-hydroxylation sites is 1. The van der Waals surface area contributed by atoms with Crippen molar-refractivity contribution in [2.24, 2.45) is 0 Å². The Labute approximate surface area is 208 Å². The molecule has 9 heteroatoms. The number of esters is 1. The maximum absolute atomic E-state index is 12.5. The molecule has 0 amide bonds. The van der Waals surface area contributed by atoms with Gasteiger partial charge in [-0.05, 0) is 48.4 Å². The number of nitrogens with one attached hydrogen (secondary N) is 1. The number of methoxy groups -OCH3 is 1. The monoisotopic (exact) mass is 482 g/mol. The predicted octanol–water partition coefficient (Wildman–Crippen LogP) is 5.15. The van der Waals surface area contributed by atoms with E-state index in [-0.39, 0.29) is 0 Å². The predicted molar refractivity (Wildman–Crippen MR) is 136 cm³/mol. The van der Waals surface area contributed by atoms with Gasteiger partial charge < -0.3 is 9.47 Å². The zero-order chi connectivity index (χ0) is 25.1. The number of H-pyrrole nitrogens is 1. The highest BCUT2D eigenvalue weighted by Crippen LogP contribution is 2.38. The van der Waals surface area contributed by atoms with Crippen LogP contribution in [0.15, 0.2) is 60.7 Å². The molecule has 5 rings (SSSR count). The number of unbranched alkanes of at least 4 members (excludes halogenated alkanes) is 1. The standard InChI is InChI=1S/C27H26N6O3/c1-4-5-15-36-24-16-18(33-17(2)28-23-12-8-11-22(25(23)33)27(34)35-3)13-14-20(24)19-9-6-7-10-21(19)26-29-31-32-30-26/h6-14,16H,4-5,15H2,1-3H3,(H,29,30,31,32). The summed E-state index contributed by atoms with van der Waals surface area (Å²) < 4.78 is 13.3. The Morgan fingerprint density at radius 1 is 1.03 bits per heavy atom. The Morgan fingerprint density at radius 2 is 1.86 bits per heavy atom. The molecule has 3 aromatic carbocycles. The molecule has 0 spiro atoms. The SMILES string of the molecule is CCCCOc1cc(-n2c(C)nc3cccc(C(=O)OC)c32)ccc1-c1ccccc1-c1nn[nH]n1. The number of carbonyl (C=O) groups is 1. The van der Waals surface area contributed by atoms with Crippen LogP contribution in [0.3, 0.4) is 0 Å². The normalized spacial score (nSPS) is 11.1. The molecule has 0 saturated carbocycles. The van der Waals surface area contributed by atoms with Gasteiger partial charge in [0.05, 0.1) is 36.0 Å². The van der Waals surface area contributed by atoms with Gasteiger partial charge in [0, 0.05) is 17.2 Å². The Kier molecular flexibility index (Phi) is 6.44. The van der Waals surface area contributed by atoms with Crippen molar-refractivity contribution in [1.29, 1.82) is 0 Å². The number of benzene rings is 3. The Bertz CT molecular complexity index is 1520. The fraction of sp³-hybridized carbons (Fsp3) is 0.222. The fourth-order valence-corrected chi connectivity index (χ4v) is 4.34. The lowest BCUT2D eigenvalue weighted by Crippen LogP contribution is -2.06. The first-order chi connectivity index (χ1) is 17.6. The maximum atomic E-state index is 12.5. The second kappa shape index (κ2) is 9.99. The van der Waals surface area contributed by atoms with Crippen LogP contribution in [0.2, 0.25) is 0 Å². The zero-order valence-electron chi connectivity index (χ0n) is 20.4. The minimum Gasteiger partial charge on any atom is -0.493 e. The average Bonchev–Trinajstić information content (AvgIpc) is 3.56. The number of tetrazole rings is 1. The molecule has 0 aliphatic heterocycles. The highest BCUT2D eigenvalue weighted by atomic mass is 16.5. The number of ether oxygens (including phenoxy) is 2. The largest absolute Gasteiger partial charge is 0.493 e. The molecule has 5 aromatic rings. The van der Waals surface area contributed by atoms with Gasteiger partial charge in [0.2, 0.25) is 5.82 Å². The lowest BCUT2D eigenvalue weighted by Gasteiger charge is -2.17. The summed E-state index contributed by atoms with van der Waals surface area (Å²) in [5.74, 6) is 1.56. The number of nitrogens with zero attached hydrogens (tertiary/aromatic N) is 5. The Balaban J connectivity index is 1.69. The second-order valence-corrected chi connectivity index (χ2v) is 8.32. The Hall–Kier alpha value is -4.53. The van der Waals surface area contributed by atoms with Crippen LogP contribution in [-0.4, -0.2) is 49.9 Å². The van der Waals surface area contributed by atoms with Gasteiger partial charge in [0.25, 0.3) is 0 Å². The molecule has 0 aliphatic carbocycles. The summed E-state index contributed by atoms with van der Waals surface area (Å²) >= 11 is 0. The van der Waals surface area contributed by atoms with Crippen molar-refractivity contribution in [1.82, 2.24) is 30.2 Å². The van der Waals surface area contributed by atoms with E-state index in [1.165, 1.54) is 7.11 Å². The van der Waals surface area contributed by atoms with E-state index in [2.05, 4.69) is 32.5 Å². The van der Waals surface area contributed by atoms with Crippen molar-refractivity contribution in [3.8, 4) is 34.0 Å². The number of aromatic amines is 1. The van der Waals surface area contributed by atoms with Crippen molar-refractivity contribution in [2.75, 3.05) is 13.7 Å². The van der Waals surface area contributed by atoms with Gasteiger partial charge in [-0.25, -0.2) is 9.78 Å². The number of aryl methyl sites for hydroxylation is 1. The van der Waals surface area contributed by atoms with Crippen LogP contribution in [0.4, 0.5) is 0 Å². The molecule has 0 saturated heterocycles. The molecule has 182 valence electrons. The molecule has 0 radical (unpaired) electrons.